The Hall–Kier alpha value is -1.55. The van der Waals surface area contributed by atoms with Gasteiger partial charge in [0.05, 0.1) is 16.6 Å². The van der Waals surface area contributed by atoms with Crippen LogP contribution in [0.5, 0.6) is 0 Å². The first-order chi connectivity index (χ1) is 9.00. The molecule has 1 unspecified atom stereocenters. The summed E-state index contributed by atoms with van der Waals surface area (Å²) in [4.78, 5) is 24.8. The van der Waals surface area contributed by atoms with Crippen LogP contribution in [0.1, 0.15) is 19.8 Å². The average Bonchev–Trinajstić information content (AvgIpc) is 3.20. The third-order valence-electron chi connectivity index (χ3n) is 3.21. The molecule has 0 aromatic heterocycles. The molecule has 0 saturated heterocycles. The molecule has 1 aliphatic rings. The topological polar surface area (TPSA) is 57.6 Å². The number of carboxylic acid groups (broad SMARTS) is 1. The smallest absolute Gasteiger partial charge is 0.308 e. The lowest BCUT2D eigenvalue weighted by molar-refractivity contribution is -0.140. The molecule has 1 aromatic rings. The Balaban J connectivity index is 2.26. The minimum absolute atomic E-state index is 0.0252. The highest BCUT2D eigenvalue weighted by molar-refractivity contribution is 6.33. The quantitative estimate of drug-likeness (QED) is 0.903. The van der Waals surface area contributed by atoms with Crippen molar-refractivity contribution in [3.8, 4) is 0 Å². The second-order valence-electron chi connectivity index (χ2n) is 4.91. The van der Waals surface area contributed by atoms with Crippen LogP contribution < -0.4 is 4.90 Å². The van der Waals surface area contributed by atoms with Gasteiger partial charge in [-0.1, -0.05) is 30.7 Å². The summed E-state index contributed by atoms with van der Waals surface area (Å²) in [6, 6.07) is 7.03. The molecule has 0 bridgehead atoms. The van der Waals surface area contributed by atoms with Crippen molar-refractivity contribution in [2.75, 3.05) is 11.4 Å². The van der Waals surface area contributed by atoms with Gasteiger partial charge >= 0.3 is 5.97 Å². The lowest BCUT2D eigenvalue weighted by Gasteiger charge is -2.25. The molecule has 5 heteroatoms. The number of hydrogen-bond donors (Lipinski definition) is 1. The maximum Gasteiger partial charge on any atom is 0.308 e. The molecule has 1 atom stereocenters. The third kappa shape index (κ3) is 3.26. The molecular formula is C14H16ClNO3. The van der Waals surface area contributed by atoms with Gasteiger partial charge in [-0.3, -0.25) is 9.59 Å². The van der Waals surface area contributed by atoms with E-state index in [1.807, 2.05) is 0 Å². The number of carboxylic acids is 1. The Morgan fingerprint density at radius 1 is 1.42 bits per heavy atom. The van der Waals surface area contributed by atoms with Crippen LogP contribution in [-0.2, 0) is 9.59 Å². The number of para-hydroxylation sites is 1. The molecule has 1 aromatic carbocycles. The predicted molar refractivity (Wildman–Crippen MR) is 73.3 cm³/mol. The molecule has 1 aliphatic carbocycles. The van der Waals surface area contributed by atoms with Gasteiger partial charge in [0, 0.05) is 12.5 Å². The minimum Gasteiger partial charge on any atom is -0.481 e. The van der Waals surface area contributed by atoms with Gasteiger partial charge in [0.15, 0.2) is 0 Å². The van der Waals surface area contributed by atoms with Crippen LogP contribution in [0, 0.1) is 11.8 Å². The molecule has 4 nitrogen and oxygen atoms in total. The number of anilines is 1. The van der Waals surface area contributed by atoms with E-state index >= 15 is 0 Å². The standard InChI is InChI=1S/C14H16ClNO3/c1-9(14(18)19)8-16(13(17)10-6-7-10)12-5-3-2-4-11(12)15/h2-5,9-10H,6-8H2,1H3,(H,18,19). The Kier molecular flexibility index (Phi) is 4.10. The van der Waals surface area contributed by atoms with Gasteiger partial charge in [-0.05, 0) is 25.0 Å². The zero-order valence-corrected chi connectivity index (χ0v) is 11.4. The largest absolute Gasteiger partial charge is 0.481 e. The number of amides is 1. The van der Waals surface area contributed by atoms with E-state index in [2.05, 4.69) is 0 Å². The van der Waals surface area contributed by atoms with Crippen LogP contribution >= 0.6 is 11.6 Å². The Labute approximate surface area is 117 Å². The number of rotatable bonds is 5. The summed E-state index contributed by atoms with van der Waals surface area (Å²) in [7, 11) is 0. The van der Waals surface area contributed by atoms with E-state index < -0.39 is 11.9 Å². The van der Waals surface area contributed by atoms with Crippen LogP contribution in [0.25, 0.3) is 0 Å². The number of benzene rings is 1. The third-order valence-corrected chi connectivity index (χ3v) is 3.53. The first-order valence-corrected chi connectivity index (χ1v) is 6.67. The molecule has 102 valence electrons. The van der Waals surface area contributed by atoms with Crippen molar-refractivity contribution in [1.29, 1.82) is 0 Å². The molecule has 1 amide bonds. The molecule has 2 rings (SSSR count). The number of carbonyl (C=O) groups is 2. The van der Waals surface area contributed by atoms with Crippen molar-refractivity contribution in [3.63, 3.8) is 0 Å². The van der Waals surface area contributed by atoms with E-state index in [-0.39, 0.29) is 18.4 Å². The summed E-state index contributed by atoms with van der Waals surface area (Å²) in [5, 5.41) is 9.48. The van der Waals surface area contributed by atoms with Gasteiger partial charge in [-0.25, -0.2) is 0 Å². The second-order valence-corrected chi connectivity index (χ2v) is 5.32. The molecule has 19 heavy (non-hydrogen) atoms. The fourth-order valence-electron chi connectivity index (χ4n) is 1.88. The fraction of sp³-hybridized carbons (Fsp3) is 0.429. The summed E-state index contributed by atoms with van der Waals surface area (Å²) in [5.74, 6) is -1.54. The molecular weight excluding hydrogens is 266 g/mol. The van der Waals surface area contributed by atoms with Crippen LogP contribution in [0.4, 0.5) is 5.69 Å². The highest BCUT2D eigenvalue weighted by Gasteiger charge is 2.35. The van der Waals surface area contributed by atoms with Crippen molar-refractivity contribution < 1.29 is 14.7 Å². The highest BCUT2D eigenvalue weighted by atomic mass is 35.5. The molecule has 0 radical (unpaired) electrons. The van der Waals surface area contributed by atoms with E-state index in [0.717, 1.165) is 12.8 Å². The summed E-state index contributed by atoms with van der Waals surface area (Å²) in [6.07, 6.45) is 1.75. The lowest BCUT2D eigenvalue weighted by Crippen LogP contribution is -2.38. The van der Waals surface area contributed by atoms with Crippen LogP contribution in [-0.4, -0.2) is 23.5 Å². The van der Waals surface area contributed by atoms with Crippen LogP contribution in [0.15, 0.2) is 24.3 Å². The minimum atomic E-state index is -0.916. The zero-order valence-electron chi connectivity index (χ0n) is 10.7. The van der Waals surface area contributed by atoms with Crippen molar-refractivity contribution in [2.24, 2.45) is 11.8 Å². The normalized spacial score (nSPS) is 15.9. The van der Waals surface area contributed by atoms with Gasteiger partial charge in [0.2, 0.25) is 5.91 Å². The van der Waals surface area contributed by atoms with E-state index in [1.165, 1.54) is 4.90 Å². The first kappa shape index (κ1) is 13.9. The lowest BCUT2D eigenvalue weighted by atomic mass is 10.1. The Morgan fingerprint density at radius 2 is 2.05 bits per heavy atom. The zero-order chi connectivity index (χ0) is 14.0. The van der Waals surface area contributed by atoms with Gasteiger partial charge in [-0.2, -0.15) is 0 Å². The molecule has 1 fully saturated rings. The number of aliphatic carboxylic acids is 1. The predicted octanol–water partition coefficient (Wildman–Crippen LogP) is 2.80. The van der Waals surface area contributed by atoms with Crippen molar-refractivity contribution in [2.45, 2.75) is 19.8 Å². The molecule has 0 aliphatic heterocycles. The van der Waals surface area contributed by atoms with Crippen molar-refractivity contribution in [1.82, 2.24) is 0 Å². The second kappa shape index (κ2) is 5.61. The summed E-state index contributed by atoms with van der Waals surface area (Å²) in [6.45, 7) is 1.74. The monoisotopic (exact) mass is 281 g/mol. The fourth-order valence-corrected chi connectivity index (χ4v) is 2.12. The van der Waals surface area contributed by atoms with E-state index in [9.17, 15) is 9.59 Å². The number of halogens is 1. The summed E-state index contributed by atoms with van der Waals surface area (Å²) >= 11 is 6.11. The molecule has 0 heterocycles. The van der Waals surface area contributed by atoms with Crippen molar-refractivity contribution >= 4 is 29.2 Å². The van der Waals surface area contributed by atoms with E-state index in [4.69, 9.17) is 16.7 Å². The Bertz CT molecular complexity index is 499. The van der Waals surface area contributed by atoms with E-state index in [0.29, 0.717) is 10.7 Å². The average molecular weight is 282 g/mol. The number of carbonyl (C=O) groups excluding carboxylic acids is 1. The number of hydrogen-bond acceptors (Lipinski definition) is 2. The van der Waals surface area contributed by atoms with Crippen LogP contribution in [0.2, 0.25) is 5.02 Å². The maximum absolute atomic E-state index is 12.3. The Morgan fingerprint density at radius 3 is 2.58 bits per heavy atom. The molecule has 1 N–H and O–H groups in total. The first-order valence-electron chi connectivity index (χ1n) is 6.29. The number of nitrogens with zero attached hydrogens (tertiary/aromatic N) is 1. The molecule has 1 saturated carbocycles. The summed E-state index contributed by atoms with van der Waals surface area (Å²) in [5.41, 5.74) is 0.592. The van der Waals surface area contributed by atoms with Gasteiger partial charge in [0.25, 0.3) is 0 Å². The van der Waals surface area contributed by atoms with Gasteiger partial charge in [0.1, 0.15) is 0 Å². The SMILES string of the molecule is CC(CN(C(=O)C1CC1)c1ccccc1Cl)C(=O)O. The summed E-state index contributed by atoms with van der Waals surface area (Å²) < 4.78 is 0. The van der Waals surface area contributed by atoms with E-state index in [1.54, 1.807) is 31.2 Å². The molecule has 0 spiro atoms. The van der Waals surface area contributed by atoms with Gasteiger partial charge < -0.3 is 10.0 Å². The van der Waals surface area contributed by atoms with Gasteiger partial charge in [-0.15, -0.1) is 0 Å². The maximum atomic E-state index is 12.3. The van der Waals surface area contributed by atoms with Crippen molar-refractivity contribution in [3.05, 3.63) is 29.3 Å². The highest BCUT2D eigenvalue weighted by Crippen LogP contribution is 2.35. The van der Waals surface area contributed by atoms with Crippen LogP contribution in [0.3, 0.4) is 0 Å².